The van der Waals surface area contributed by atoms with Gasteiger partial charge in [-0.25, -0.2) is 0 Å². The van der Waals surface area contributed by atoms with Gasteiger partial charge in [-0.3, -0.25) is 14.9 Å². The molecule has 2 rings (SSSR count). The van der Waals surface area contributed by atoms with Gasteiger partial charge >= 0.3 is 0 Å². The van der Waals surface area contributed by atoms with Crippen LogP contribution in [0.2, 0.25) is 10.0 Å². The van der Waals surface area contributed by atoms with E-state index >= 15 is 0 Å². The molecule has 0 aliphatic rings. The Bertz CT molecular complexity index is 750. The number of amides is 1. The Hall–Kier alpha value is -2.31. The summed E-state index contributed by atoms with van der Waals surface area (Å²) in [6, 6.07) is 8.39. The second kappa shape index (κ2) is 6.64. The molecule has 0 atom stereocenters. The molecule has 0 bridgehead atoms. The number of carbonyl (C=O) groups is 1. The number of benzene rings is 2. The molecule has 0 saturated heterocycles. The normalized spacial score (nSPS) is 10.1. The molecule has 0 radical (unpaired) electrons. The summed E-state index contributed by atoms with van der Waals surface area (Å²) in [6.07, 6.45) is 0. The molecule has 0 spiro atoms. The fourth-order valence-electron chi connectivity index (χ4n) is 1.79. The summed E-state index contributed by atoms with van der Waals surface area (Å²) in [5.41, 5.74) is -0.0870. The van der Waals surface area contributed by atoms with E-state index in [1.807, 2.05) is 0 Å². The van der Waals surface area contributed by atoms with Crippen LogP contribution in [-0.2, 0) is 0 Å². The summed E-state index contributed by atoms with van der Waals surface area (Å²) in [6.45, 7) is 0. The van der Waals surface area contributed by atoms with Crippen LogP contribution in [0.5, 0.6) is 5.75 Å². The molecule has 0 fully saturated rings. The maximum Gasteiger partial charge on any atom is 0.282 e. The summed E-state index contributed by atoms with van der Waals surface area (Å²) in [5.74, 6) is -0.205. The maximum atomic E-state index is 12.2. The van der Waals surface area contributed by atoms with Crippen LogP contribution in [-0.4, -0.2) is 17.9 Å². The Morgan fingerprint density at radius 1 is 1.23 bits per heavy atom. The van der Waals surface area contributed by atoms with Gasteiger partial charge in [0.05, 0.1) is 17.1 Å². The average molecular weight is 341 g/mol. The molecule has 0 aliphatic heterocycles. The minimum Gasteiger partial charge on any atom is -0.495 e. The molecule has 0 saturated carbocycles. The van der Waals surface area contributed by atoms with Gasteiger partial charge in [0, 0.05) is 16.8 Å². The Morgan fingerprint density at radius 2 is 1.95 bits per heavy atom. The second-order valence-electron chi connectivity index (χ2n) is 4.22. The molecular weight excluding hydrogens is 331 g/mol. The first-order chi connectivity index (χ1) is 10.4. The third kappa shape index (κ3) is 3.47. The largest absolute Gasteiger partial charge is 0.495 e. The second-order valence-corrected chi connectivity index (χ2v) is 5.07. The van der Waals surface area contributed by atoms with Crippen molar-refractivity contribution in [3.8, 4) is 5.75 Å². The zero-order valence-electron chi connectivity index (χ0n) is 11.3. The van der Waals surface area contributed by atoms with Crippen LogP contribution in [0, 0.1) is 10.1 Å². The molecule has 0 aliphatic carbocycles. The first kappa shape index (κ1) is 16.1. The van der Waals surface area contributed by atoms with Crippen molar-refractivity contribution in [1.29, 1.82) is 0 Å². The summed E-state index contributed by atoms with van der Waals surface area (Å²) < 4.78 is 5.00. The molecule has 2 aromatic rings. The summed E-state index contributed by atoms with van der Waals surface area (Å²) in [4.78, 5) is 22.5. The number of nitrogens with one attached hydrogen (secondary N) is 1. The van der Waals surface area contributed by atoms with E-state index in [0.29, 0.717) is 16.5 Å². The van der Waals surface area contributed by atoms with E-state index in [0.717, 1.165) is 0 Å². The number of nitro groups is 1. The SMILES string of the molecule is COc1ccc(NC(=O)c2cc(Cl)ccc2[N+](=O)[O-])cc1Cl. The lowest BCUT2D eigenvalue weighted by atomic mass is 10.1. The minimum atomic E-state index is -0.657. The van der Waals surface area contributed by atoms with Gasteiger partial charge < -0.3 is 10.1 Å². The molecule has 0 aromatic heterocycles. The lowest BCUT2D eigenvalue weighted by Gasteiger charge is -2.08. The zero-order chi connectivity index (χ0) is 16.3. The van der Waals surface area contributed by atoms with E-state index in [-0.39, 0.29) is 16.3 Å². The summed E-state index contributed by atoms with van der Waals surface area (Å²) >= 11 is 11.8. The molecule has 2 aromatic carbocycles. The monoisotopic (exact) mass is 340 g/mol. The van der Waals surface area contributed by atoms with Crippen LogP contribution < -0.4 is 10.1 Å². The lowest BCUT2D eigenvalue weighted by Crippen LogP contribution is -2.14. The Balaban J connectivity index is 2.31. The van der Waals surface area contributed by atoms with E-state index in [4.69, 9.17) is 27.9 Å². The summed E-state index contributed by atoms with van der Waals surface area (Å²) in [7, 11) is 1.47. The molecule has 8 heteroatoms. The number of nitro benzene ring substituents is 1. The van der Waals surface area contributed by atoms with Gasteiger partial charge in [0.25, 0.3) is 11.6 Å². The molecule has 114 valence electrons. The molecule has 1 N–H and O–H groups in total. The minimum absolute atomic E-state index is 0.135. The number of carbonyl (C=O) groups excluding carboxylic acids is 1. The van der Waals surface area contributed by atoms with Crippen molar-refractivity contribution >= 4 is 40.5 Å². The Kier molecular flexibility index (Phi) is 4.85. The van der Waals surface area contributed by atoms with Gasteiger partial charge in [-0.2, -0.15) is 0 Å². The van der Waals surface area contributed by atoms with Crippen molar-refractivity contribution in [3.63, 3.8) is 0 Å². The van der Waals surface area contributed by atoms with Crippen molar-refractivity contribution in [1.82, 2.24) is 0 Å². The van der Waals surface area contributed by atoms with Crippen LogP contribution in [0.1, 0.15) is 10.4 Å². The van der Waals surface area contributed by atoms with Crippen molar-refractivity contribution in [2.24, 2.45) is 0 Å². The maximum absolute atomic E-state index is 12.2. The van der Waals surface area contributed by atoms with Crippen LogP contribution >= 0.6 is 23.2 Å². The number of nitrogens with zero attached hydrogens (tertiary/aromatic N) is 1. The van der Waals surface area contributed by atoms with Crippen molar-refractivity contribution in [3.05, 3.63) is 62.1 Å². The van der Waals surface area contributed by atoms with Crippen molar-refractivity contribution in [2.75, 3.05) is 12.4 Å². The van der Waals surface area contributed by atoms with E-state index in [1.54, 1.807) is 12.1 Å². The average Bonchev–Trinajstić information content (AvgIpc) is 2.47. The molecular formula is C14H10Cl2N2O4. The van der Waals surface area contributed by atoms with Gasteiger partial charge in [-0.05, 0) is 30.3 Å². The third-order valence-electron chi connectivity index (χ3n) is 2.81. The highest BCUT2D eigenvalue weighted by Crippen LogP contribution is 2.28. The highest BCUT2D eigenvalue weighted by atomic mass is 35.5. The van der Waals surface area contributed by atoms with Gasteiger partial charge in [0.15, 0.2) is 0 Å². The number of hydrogen-bond donors (Lipinski definition) is 1. The molecule has 0 unspecified atom stereocenters. The van der Waals surface area contributed by atoms with Gasteiger partial charge in [-0.15, -0.1) is 0 Å². The van der Waals surface area contributed by atoms with E-state index in [1.165, 1.54) is 31.4 Å². The highest BCUT2D eigenvalue weighted by Gasteiger charge is 2.20. The van der Waals surface area contributed by atoms with Gasteiger partial charge in [0.1, 0.15) is 11.3 Å². The van der Waals surface area contributed by atoms with Crippen molar-refractivity contribution in [2.45, 2.75) is 0 Å². The fourth-order valence-corrected chi connectivity index (χ4v) is 2.22. The van der Waals surface area contributed by atoms with Crippen LogP contribution in [0.3, 0.4) is 0 Å². The predicted octanol–water partition coefficient (Wildman–Crippen LogP) is 4.16. The lowest BCUT2D eigenvalue weighted by molar-refractivity contribution is -0.385. The highest BCUT2D eigenvalue weighted by molar-refractivity contribution is 6.32. The van der Waals surface area contributed by atoms with E-state index < -0.39 is 10.8 Å². The van der Waals surface area contributed by atoms with E-state index in [9.17, 15) is 14.9 Å². The number of hydrogen-bond acceptors (Lipinski definition) is 4. The Morgan fingerprint density at radius 3 is 2.55 bits per heavy atom. The molecule has 0 heterocycles. The van der Waals surface area contributed by atoms with Crippen molar-refractivity contribution < 1.29 is 14.5 Å². The fraction of sp³-hybridized carbons (Fsp3) is 0.0714. The quantitative estimate of drug-likeness (QED) is 0.669. The number of rotatable bonds is 4. The van der Waals surface area contributed by atoms with Gasteiger partial charge in [-0.1, -0.05) is 23.2 Å². The molecule has 6 nitrogen and oxygen atoms in total. The first-order valence-electron chi connectivity index (χ1n) is 6.01. The number of anilines is 1. The third-order valence-corrected chi connectivity index (χ3v) is 3.34. The topological polar surface area (TPSA) is 81.5 Å². The Labute approximate surface area is 135 Å². The van der Waals surface area contributed by atoms with E-state index in [2.05, 4.69) is 5.32 Å². The van der Waals surface area contributed by atoms with Crippen LogP contribution in [0.25, 0.3) is 0 Å². The van der Waals surface area contributed by atoms with Crippen LogP contribution in [0.4, 0.5) is 11.4 Å². The smallest absolute Gasteiger partial charge is 0.282 e. The molecule has 1 amide bonds. The predicted molar refractivity (Wildman–Crippen MR) is 84.1 cm³/mol. The molecule has 22 heavy (non-hydrogen) atoms. The number of ether oxygens (including phenoxy) is 1. The first-order valence-corrected chi connectivity index (χ1v) is 6.77. The summed E-state index contributed by atoms with van der Waals surface area (Å²) in [5, 5.41) is 14.0. The zero-order valence-corrected chi connectivity index (χ0v) is 12.8. The standard InChI is InChI=1S/C14H10Cl2N2O4/c1-22-13-5-3-9(7-11(13)16)17-14(19)10-6-8(15)2-4-12(10)18(20)21/h2-7H,1H3,(H,17,19). The number of halogens is 2. The number of methoxy groups -OCH3 is 1. The van der Waals surface area contributed by atoms with Gasteiger partial charge in [0.2, 0.25) is 0 Å². The van der Waals surface area contributed by atoms with Crippen LogP contribution in [0.15, 0.2) is 36.4 Å².